The molecule has 136 valence electrons. The van der Waals surface area contributed by atoms with Gasteiger partial charge < -0.3 is 19.5 Å². The maximum absolute atomic E-state index is 5.80. The summed E-state index contributed by atoms with van der Waals surface area (Å²) in [7, 11) is 0. The molecule has 0 amide bonds. The maximum Gasteiger partial charge on any atom is 0.231 e. The lowest BCUT2D eigenvalue weighted by molar-refractivity contribution is 0.173. The molecule has 0 fully saturated rings. The number of nitrogens with zero attached hydrogens (tertiary/aromatic N) is 1. The van der Waals surface area contributed by atoms with Gasteiger partial charge in [-0.3, -0.25) is 0 Å². The Kier molecular flexibility index (Phi) is 5.38. The van der Waals surface area contributed by atoms with Gasteiger partial charge in [0.1, 0.15) is 10.8 Å². The number of rotatable bonds is 8. The first-order valence-corrected chi connectivity index (χ1v) is 10.3. The molecular formula is C19H20N2O3S2. The van der Waals surface area contributed by atoms with E-state index >= 15 is 0 Å². The molecule has 3 aromatic rings. The lowest BCUT2D eigenvalue weighted by Gasteiger charge is -2.18. The molecule has 0 unspecified atom stereocenters. The van der Waals surface area contributed by atoms with E-state index in [1.54, 1.807) is 22.7 Å². The number of benzene rings is 1. The fourth-order valence-electron chi connectivity index (χ4n) is 2.91. The summed E-state index contributed by atoms with van der Waals surface area (Å²) in [4.78, 5) is 5.85. The number of fused-ring (bicyclic) bond motifs is 1. The average molecular weight is 389 g/mol. The van der Waals surface area contributed by atoms with E-state index in [0.29, 0.717) is 13.2 Å². The van der Waals surface area contributed by atoms with Crippen molar-refractivity contribution in [2.75, 3.05) is 13.4 Å². The van der Waals surface area contributed by atoms with Crippen molar-refractivity contribution in [1.29, 1.82) is 0 Å². The van der Waals surface area contributed by atoms with Crippen LogP contribution in [0.15, 0.2) is 41.2 Å². The zero-order chi connectivity index (χ0) is 17.8. The molecule has 5 nitrogen and oxygen atoms in total. The number of hydrogen-bond donors (Lipinski definition) is 1. The summed E-state index contributed by atoms with van der Waals surface area (Å²) in [6, 6.07) is 8.34. The van der Waals surface area contributed by atoms with Gasteiger partial charge in [0.2, 0.25) is 6.79 Å². The topological polar surface area (TPSA) is 52.6 Å². The SMILES string of the molecule is CCOc1cc2c(cc1CN[C@H](Cc1cccs1)c1nccs1)OCO2. The van der Waals surface area contributed by atoms with Crippen molar-refractivity contribution in [3.8, 4) is 17.2 Å². The highest BCUT2D eigenvalue weighted by Crippen LogP contribution is 2.38. The third-order valence-corrected chi connectivity index (χ3v) is 5.92. The molecule has 0 aliphatic carbocycles. The predicted octanol–water partition coefficient (Wildman–Crippen LogP) is 4.41. The third-order valence-electron chi connectivity index (χ3n) is 4.13. The summed E-state index contributed by atoms with van der Waals surface area (Å²) in [6.45, 7) is 3.52. The Hall–Kier alpha value is -2.09. The number of ether oxygens (including phenoxy) is 3. The van der Waals surface area contributed by atoms with Crippen molar-refractivity contribution in [2.24, 2.45) is 0 Å². The molecule has 4 rings (SSSR count). The van der Waals surface area contributed by atoms with Crippen LogP contribution in [0.2, 0.25) is 0 Å². The molecule has 1 aliphatic rings. The van der Waals surface area contributed by atoms with Crippen molar-refractivity contribution >= 4 is 22.7 Å². The molecule has 3 heterocycles. The quantitative estimate of drug-likeness (QED) is 0.620. The molecule has 1 aromatic carbocycles. The van der Waals surface area contributed by atoms with Crippen LogP contribution in [0.3, 0.4) is 0 Å². The van der Waals surface area contributed by atoms with Gasteiger partial charge >= 0.3 is 0 Å². The van der Waals surface area contributed by atoms with E-state index in [1.807, 2.05) is 30.6 Å². The molecule has 0 saturated heterocycles. The standard InChI is InChI=1S/C19H20N2O3S2/c1-2-22-16-10-18-17(23-12-24-18)8-13(16)11-21-15(19-20-5-7-26-19)9-14-4-3-6-25-14/h3-8,10,15,21H,2,9,11-12H2,1H3/t15-/m1/s1. The number of nitrogens with one attached hydrogen (secondary N) is 1. The van der Waals surface area contributed by atoms with Crippen molar-refractivity contribution in [2.45, 2.75) is 25.9 Å². The van der Waals surface area contributed by atoms with E-state index in [1.165, 1.54) is 4.88 Å². The van der Waals surface area contributed by atoms with Crippen molar-refractivity contribution in [3.05, 3.63) is 56.7 Å². The van der Waals surface area contributed by atoms with Crippen LogP contribution in [0.1, 0.15) is 28.4 Å². The highest BCUT2D eigenvalue weighted by molar-refractivity contribution is 7.10. The van der Waals surface area contributed by atoms with Gasteiger partial charge in [0.15, 0.2) is 11.5 Å². The smallest absolute Gasteiger partial charge is 0.231 e. The Bertz CT molecular complexity index is 835. The maximum atomic E-state index is 5.80. The van der Waals surface area contributed by atoms with E-state index in [-0.39, 0.29) is 12.8 Å². The van der Waals surface area contributed by atoms with Gasteiger partial charge in [-0.1, -0.05) is 6.07 Å². The molecular weight excluding hydrogens is 368 g/mol. The Morgan fingerprint density at radius 1 is 1.23 bits per heavy atom. The zero-order valence-corrected chi connectivity index (χ0v) is 16.1. The fourth-order valence-corrected chi connectivity index (χ4v) is 4.38. The van der Waals surface area contributed by atoms with E-state index in [9.17, 15) is 0 Å². The van der Waals surface area contributed by atoms with Gasteiger partial charge in [-0.2, -0.15) is 0 Å². The van der Waals surface area contributed by atoms with Crippen molar-refractivity contribution in [3.63, 3.8) is 0 Å². The fraction of sp³-hybridized carbons (Fsp3) is 0.316. The predicted molar refractivity (Wildman–Crippen MR) is 103 cm³/mol. The van der Waals surface area contributed by atoms with Crippen LogP contribution in [0.25, 0.3) is 0 Å². The molecule has 0 radical (unpaired) electrons. The van der Waals surface area contributed by atoms with Crippen LogP contribution < -0.4 is 19.5 Å². The Morgan fingerprint density at radius 2 is 2.12 bits per heavy atom. The lowest BCUT2D eigenvalue weighted by atomic mass is 10.1. The van der Waals surface area contributed by atoms with Gasteiger partial charge in [0, 0.05) is 41.0 Å². The highest BCUT2D eigenvalue weighted by atomic mass is 32.1. The number of hydrogen-bond acceptors (Lipinski definition) is 7. The summed E-state index contributed by atoms with van der Waals surface area (Å²) >= 11 is 3.45. The number of thiophene rings is 1. The Morgan fingerprint density at radius 3 is 2.85 bits per heavy atom. The molecule has 0 spiro atoms. The molecule has 1 aliphatic heterocycles. The molecule has 2 aromatic heterocycles. The Balaban J connectivity index is 1.53. The average Bonchev–Trinajstić information content (AvgIpc) is 3.40. The number of aromatic nitrogens is 1. The lowest BCUT2D eigenvalue weighted by Crippen LogP contribution is -2.23. The summed E-state index contributed by atoms with van der Waals surface area (Å²) in [5, 5.41) is 8.87. The minimum atomic E-state index is 0.161. The van der Waals surface area contributed by atoms with Gasteiger partial charge in [-0.05, 0) is 24.4 Å². The summed E-state index contributed by atoms with van der Waals surface area (Å²) < 4.78 is 16.8. The summed E-state index contributed by atoms with van der Waals surface area (Å²) in [6.07, 6.45) is 2.77. The second-order valence-corrected chi connectivity index (χ2v) is 7.79. The molecule has 1 N–H and O–H groups in total. The van der Waals surface area contributed by atoms with Crippen LogP contribution in [0.5, 0.6) is 17.2 Å². The molecule has 0 bridgehead atoms. The van der Waals surface area contributed by atoms with Gasteiger partial charge in [-0.25, -0.2) is 4.98 Å². The first kappa shape index (κ1) is 17.3. The summed E-state index contributed by atoms with van der Waals surface area (Å²) in [5.74, 6) is 2.35. The van der Waals surface area contributed by atoms with Gasteiger partial charge in [0.05, 0.1) is 12.6 Å². The van der Waals surface area contributed by atoms with Crippen molar-refractivity contribution in [1.82, 2.24) is 10.3 Å². The minimum absolute atomic E-state index is 0.161. The Labute approximate surface area is 160 Å². The minimum Gasteiger partial charge on any atom is -0.493 e. The zero-order valence-electron chi connectivity index (χ0n) is 14.4. The van der Waals surface area contributed by atoms with E-state index in [4.69, 9.17) is 14.2 Å². The van der Waals surface area contributed by atoms with Crippen LogP contribution in [0.4, 0.5) is 0 Å². The first-order valence-electron chi connectivity index (χ1n) is 8.54. The number of thiazole rings is 1. The normalized spacial score (nSPS) is 13.7. The van der Waals surface area contributed by atoms with Gasteiger partial charge in [-0.15, -0.1) is 22.7 Å². The molecule has 1 atom stereocenters. The first-order chi connectivity index (χ1) is 12.8. The highest BCUT2D eigenvalue weighted by Gasteiger charge is 2.20. The second kappa shape index (κ2) is 8.07. The molecule has 0 saturated carbocycles. The largest absolute Gasteiger partial charge is 0.493 e. The molecule has 26 heavy (non-hydrogen) atoms. The van der Waals surface area contributed by atoms with E-state index in [0.717, 1.165) is 34.2 Å². The van der Waals surface area contributed by atoms with Crippen LogP contribution in [-0.2, 0) is 13.0 Å². The van der Waals surface area contributed by atoms with Crippen LogP contribution in [-0.4, -0.2) is 18.4 Å². The monoisotopic (exact) mass is 388 g/mol. The van der Waals surface area contributed by atoms with Crippen LogP contribution in [0, 0.1) is 0 Å². The van der Waals surface area contributed by atoms with Crippen LogP contribution >= 0.6 is 22.7 Å². The van der Waals surface area contributed by atoms with E-state index in [2.05, 4.69) is 27.8 Å². The second-order valence-electron chi connectivity index (χ2n) is 5.83. The third kappa shape index (κ3) is 3.85. The van der Waals surface area contributed by atoms with Crippen molar-refractivity contribution < 1.29 is 14.2 Å². The molecule has 7 heteroatoms. The summed E-state index contributed by atoms with van der Waals surface area (Å²) in [5.41, 5.74) is 1.06. The van der Waals surface area contributed by atoms with E-state index < -0.39 is 0 Å². The van der Waals surface area contributed by atoms with Gasteiger partial charge in [0.25, 0.3) is 0 Å².